The van der Waals surface area contributed by atoms with Gasteiger partial charge in [0.05, 0.1) is 28.5 Å². The summed E-state index contributed by atoms with van der Waals surface area (Å²) in [6.07, 6.45) is 3.65. The molecule has 0 bridgehead atoms. The summed E-state index contributed by atoms with van der Waals surface area (Å²) in [4.78, 5) is 31.1. The fraction of sp³-hybridized carbons (Fsp3) is 0.440. The van der Waals surface area contributed by atoms with Gasteiger partial charge in [-0.1, -0.05) is 25.0 Å². The van der Waals surface area contributed by atoms with Crippen LogP contribution in [0.25, 0.3) is 0 Å². The number of para-hydroxylation sites is 1. The number of benzene rings is 2. The zero-order valence-corrected chi connectivity index (χ0v) is 20.3. The number of Topliss-reactive ketones (excluding diaryl/α,β-unsaturated/α-hetero) is 1. The van der Waals surface area contributed by atoms with Crippen molar-refractivity contribution in [1.29, 1.82) is 0 Å². The zero-order valence-electron chi connectivity index (χ0n) is 19.5. The average molecular weight is 501 g/mol. The summed E-state index contributed by atoms with van der Waals surface area (Å²) in [6, 6.07) is 11.1. The van der Waals surface area contributed by atoms with Gasteiger partial charge in [0.15, 0.2) is 0 Å². The van der Waals surface area contributed by atoms with Gasteiger partial charge in [-0.2, -0.15) is 4.31 Å². The molecule has 2 saturated heterocycles. The van der Waals surface area contributed by atoms with Gasteiger partial charge in [0, 0.05) is 39.3 Å². The fourth-order valence-corrected chi connectivity index (χ4v) is 6.59. The Balaban J connectivity index is 1.30. The molecule has 0 N–H and O–H groups in total. The minimum atomic E-state index is -3.72. The predicted octanol–water partition coefficient (Wildman–Crippen LogP) is 2.70. The van der Waals surface area contributed by atoms with Crippen LogP contribution in [0.4, 0.5) is 15.8 Å². The lowest BCUT2D eigenvalue weighted by atomic mass is 10.1. The van der Waals surface area contributed by atoms with Gasteiger partial charge >= 0.3 is 5.91 Å². The van der Waals surface area contributed by atoms with Crippen molar-refractivity contribution < 1.29 is 22.4 Å². The minimum absolute atomic E-state index is 0.0552. The number of rotatable bonds is 5. The Labute approximate surface area is 205 Å². The van der Waals surface area contributed by atoms with Crippen molar-refractivity contribution in [3.8, 4) is 0 Å². The molecule has 10 heteroatoms. The fourth-order valence-electron chi connectivity index (χ4n) is 5.05. The zero-order chi connectivity index (χ0) is 24.6. The number of anilines is 2. The number of hydrogen-bond donors (Lipinski definition) is 0. The molecule has 3 heterocycles. The van der Waals surface area contributed by atoms with Crippen molar-refractivity contribution in [2.45, 2.75) is 30.6 Å². The van der Waals surface area contributed by atoms with Gasteiger partial charge in [-0.3, -0.25) is 19.4 Å². The van der Waals surface area contributed by atoms with Gasteiger partial charge in [-0.25, -0.2) is 12.8 Å². The molecule has 3 aliphatic heterocycles. The van der Waals surface area contributed by atoms with E-state index in [4.69, 9.17) is 0 Å². The lowest BCUT2D eigenvalue weighted by molar-refractivity contribution is -0.114. The number of hydrogen-bond acceptors (Lipinski definition) is 6. The lowest BCUT2D eigenvalue weighted by Crippen LogP contribution is -2.51. The second kappa shape index (κ2) is 9.67. The quantitative estimate of drug-likeness (QED) is 0.588. The molecule has 1 amide bonds. The third-order valence-corrected chi connectivity index (χ3v) is 8.95. The first-order valence-electron chi connectivity index (χ1n) is 12.1. The van der Waals surface area contributed by atoms with E-state index in [2.05, 4.69) is 0 Å². The monoisotopic (exact) mass is 500 g/mol. The van der Waals surface area contributed by atoms with E-state index in [1.165, 1.54) is 27.4 Å². The second-order valence-electron chi connectivity index (χ2n) is 9.26. The Morgan fingerprint density at radius 3 is 2.17 bits per heavy atom. The van der Waals surface area contributed by atoms with Crippen LogP contribution < -0.4 is 9.80 Å². The van der Waals surface area contributed by atoms with E-state index >= 15 is 0 Å². The molecule has 186 valence electrons. The third-order valence-electron chi connectivity index (χ3n) is 7.05. The molecule has 0 radical (unpaired) electrons. The van der Waals surface area contributed by atoms with Gasteiger partial charge in [0.2, 0.25) is 10.0 Å². The summed E-state index contributed by atoms with van der Waals surface area (Å²) in [7, 11) is -3.72. The summed E-state index contributed by atoms with van der Waals surface area (Å²) in [5.41, 5.74) is 1.13. The van der Waals surface area contributed by atoms with Gasteiger partial charge in [0.25, 0.3) is 5.78 Å². The van der Waals surface area contributed by atoms with Crippen molar-refractivity contribution >= 4 is 33.1 Å². The van der Waals surface area contributed by atoms with Crippen molar-refractivity contribution in [2.75, 3.05) is 55.7 Å². The van der Waals surface area contributed by atoms with Crippen LogP contribution in [0.3, 0.4) is 0 Å². The highest BCUT2D eigenvalue weighted by Crippen LogP contribution is 2.33. The number of nitrogens with zero attached hydrogens (tertiary/aromatic N) is 4. The first-order chi connectivity index (χ1) is 16.9. The maximum Gasteiger partial charge on any atom is 0.300 e. The van der Waals surface area contributed by atoms with E-state index in [-0.39, 0.29) is 22.9 Å². The summed E-state index contributed by atoms with van der Waals surface area (Å²) in [5.74, 6) is -1.60. The summed E-state index contributed by atoms with van der Waals surface area (Å²) in [5, 5.41) is 0. The normalized spacial score (nSPS) is 20.3. The summed E-state index contributed by atoms with van der Waals surface area (Å²) < 4.78 is 42.0. The second-order valence-corrected chi connectivity index (χ2v) is 11.2. The smallest absolute Gasteiger partial charge is 0.300 e. The third kappa shape index (κ3) is 4.57. The van der Waals surface area contributed by atoms with Crippen LogP contribution in [-0.2, 0) is 14.8 Å². The predicted molar refractivity (Wildman–Crippen MR) is 131 cm³/mol. The standard InChI is InChI=1S/C25H29FN4O4S/c26-21-7-3-4-8-23(21)28-15-13-27(14-16-28)18-30-22-10-9-19(17-20(22)24(31)25(30)32)35(33,34)29-11-5-1-2-6-12-29/h3-4,7-10,17H,1-2,5-6,11-16,18H2. The van der Waals surface area contributed by atoms with Crippen molar-refractivity contribution in [3.63, 3.8) is 0 Å². The van der Waals surface area contributed by atoms with E-state index in [1.807, 2.05) is 9.80 Å². The largest absolute Gasteiger partial charge is 0.367 e. The molecular weight excluding hydrogens is 471 g/mol. The number of halogens is 1. The van der Waals surface area contributed by atoms with Crippen molar-refractivity contribution in [2.24, 2.45) is 0 Å². The average Bonchev–Trinajstić information content (AvgIpc) is 3.06. The Morgan fingerprint density at radius 1 is 0.800 bits per heavy atom. The first kappa shape index (κ1) is 23.9. The Morgan fingerprint density at radius 2 is 1.49 bits per heavy atom. The molecule has 2 aromatic carbocycles. The highest BCUT2D eigenvalue weighted by molar-refractivity contribution is 7.89. The molecule has 2 aromatic rings. The van der Waals surface area contributed by atoms with Crippen LogP contribution in [0, 0.1) is 5.82 Å². The van der Waals surface area contributed by atoms with Gasteiger partial charge < -0.3 is 4.90 Å². The van der Waals surface area contributed by atoms with E-state index in [1.54, 1.807) is 24.3 Å². The first-order valence-corrected chi connectivity index (χ1v) is 13.5. The van der Waals surface area contributed by atoms with Gasteiger partial charge in [-0.05, 0) is 43.2 Å². The van der Waals surface area contributed by atoms with Crippen LogP contribution in [0.1, 0.15) is 36.0 Å². The van der Waals surface area contributed by atoms with E-state index < -0.39 is 21.7 Å². The van der Waals surface area contributed by atoms with Gasteiger partial charge in [0.1, 0.15) is 5.82 Å². The van der Waals surface area contributed by atoms with Crippen LogP contribution in [-0.4, -0.2) is 75.3 Å². The highest BCUT2D eigenvalue weighted by atomic mass is 32.2. The van der Waals surface area contributed by atoms with E-state index in [0.29, 0.717) is 50.6 Å². The summed E-state index contributed by atoms with van der Waals surface area (Å²) in [6.45, 7) is 3.55. The number of ketones is 1. The molecule has 0 saturated carbocycles. The van der Waals surface area contributed by atoms with E-state index in [9.17, 15) is 22.4 Å². The number of fused-ring (bicyclic) bond motifs is 1. The maximum atomic E-state index is 14.1. The van der Waals surface area contributed by atoms with Crippen LogP contribution in [0.15, 0.2) is 47.4 Å². The van der Waals surface area contributed by atoms with Crippen molar-refractivity contribution in [3.05, 3.63) is 53.8 Å². The Kier molecular flexibility index (Phi) is 6.61. The molecule has 35 heavy (non-hydrogen) atoms. The molecular formula is C25H29FN4O4S. The van der Waals surface area contributed by atoms with Crippen molar-refractivity contribution in [1.82, 2.24) is 9.21 Å². The number of amides is 1. The lowest BCUT2D eigenvalue weighted by Gasteiger charge is -2.37. The molecule has 0 aliphatic carbocycles. The number of piperazine rings is 1. The SMILES string of the molecule is O=C1C(=O)N(CN2CCN(c3ccccc3F)CC2)c2ccc(S(=O)(=O)N3CCCCCC3)cc21. The Hall–Kier alpha value is -2.82. The van der Waals surface area contributed by atoms with Crippen LogP contribution in [0.2, 0.25) is 0 Å². The van der Waals surface area contributed by atoms with Gasteiger partial charge in [-0.15, -0.1) is 0 Å². The molecule has 3 aliphatic rings. The number of carbonyl (C=O) groups excluding carboxylic acids is 2. The number of sulfonamides is 1. The highest BCUT2D eigenvalue weighted by Gasteiger charge is 2.38. The van der Waals surface area contributed by atoms with E-state index in [0.717, 1.165) is 25.7 Å². The molecule has 0 spiro atoms. The molecule has 5 rings (SSSR count). The maximum absolute atomic E-state index is 14.1. The number of carbonyl (C=O) groups is 2. The molecule has 8 nitrogen and oxygen atoms in total. The molecule has 2 fully saturated rings. The minimum Gasteiger partial charge on any atom is -0.367 e. The molecule has 0 unspecified atom stereocenters. The van der Waals surface area contributed by atoms with Crippen LogP contribution >= 0.6 is 0 Å². The topological polar surface area (TPSA) is 81.2 Å². The Bertz CT molecular complexity index is 1240. The van der Waals surface area contributed by atoms with Crippen LogP contribution in [0.5, 0.6) is 0 Å². The summed E-state index contributed by atoms with van der Waals surface area (Å²) >= 11 is 0. The molecule has 0 aromatic heterocycles. The molecule has 0 atom stereocenters.